The summed E-state index contributed by atoms with van der Waals surface area (Å²) in [4.78, 5) is 13.4. The average Bonchev–Trinajstić information content (AvgIpc) is 2.38. The molecule has 0 aliphatic carbocycles. The van der Waals surface area contributed by atoms with E-state index in [-0.39, 0.29) is 18.4 Å². The largest absolute Gasteiger partial charge is 0.392 e. The third-order valence-corrected chi connectivity index (χ3v) is 3.64. The first kappa shape index (κ1) is 12.9. The Balaban J connectivity index is 2.12. The molecule has 0 spiro atoms. The molecule has 4 heteroatoms. The zero-order valence-corrected chi connectivity index (χ0v) is 10.7. The maximum Gasteiger partial charge on any atom is 0.220 e. The molecule has 1 aliphatic heterocycles. The molecule has 0 aromatic heterocycles. The van der Waals surface area contributed by atoms with E-state index in [1.54, 1.807) is 0 Å². The molecule has 1 fully saturated rings. The summed E-state index contributed by atoms with van der Waals surface area (Å²) in [6.45, 7) is 3.71. The van der Waals surface area contributed by atoms with Crippen molar-refractivity contribution in [3.63, 3.8) is 0 Å². The number of nitrogens with zero attached hydrogens (tertiary/aromatic N) is 1. The first-order chi connectivity index (χ1) is 8.61. The van der Waals surface area contributed by atoms with Crippen molar-refractivity contribution in [1.29, 1.82) is 0 Å². The summed E-state index contributed by atoms with van der Waals surface area (Å²) < 4.78 is 0. The molecule has 0 radical (unpaired) electrons. The minimum Gasteiger partial charge on any atom is -0.392 e. The first-order valence-electron chi connectivity index (χ1n) is 6.36. The van der Waals surface area contributed by atoms with Gasteiger partial charge in [-0.2, -0.15) is 0 Å². The van der Waals surface area contributed by atoms with Gasteiger partial charge in [-0.15, -0.1) is 0 Å². The average molecular weight is 248 g/mol. The minimum absolute atomic E-state index is 0.00396. The molecule has 0 unspecified atom stereocenters. The van der Waals surface area contributed by atoms with Crippen molar-refractivity contribution >= 4 is 11.6 Å². The molecular weight excluding hydrogens is 228 g/mol. The van der Waals surface area contributed by atoms with Crippen LogP contribution in [0.2, 0.25) is 0 Å². The highest BCUT2D eigenvalue weighted by Gasteiger charge is 2.24. The molecule has 18 heavy (non-hydrogen) atoms. The number of aliphatic hydroxyl groups is 1. The lowest BCUT2D eigenvalue weighted by Gasteiger charge is -2.33. The maximum atomic E-state index is 11.1. The number of rotatable bonds is 3. The van der Waals surface area contributed by atoms with Gasteiger partial charge in [0.1, 0.15) is 0 Å². The van der Waals surface area contributed by atoms with Crippen LogP contribution < -0.4 is 10.6 Å². The van der Waals surface area contributed by atoms with E-state index in [0.717, 1.165) is 42.7 Å². The lowest BCUT2D eigenvalue weighted by molar-refractivity contribution is -0.122. The molecule has 1 amide bonds. The van der Waals surface area contributed by atoms with E-state index in [0.29, 0.717) is 0 Å². The molecule has 1 saturated heterocycles. The maximum absolute atomic E-state index is 11.1. The van der Waals surface area contributed by atoms with Crippen molar-refractivity contribution in [2.45, 2.75) is 26.4 Å². The Morgan fingerprint density at radius 3 is 2.67 bits per heavy atom. The van der Waals surface area contributed by atoms with Crippen LogP contribution in [0, 0.1) is 12.8 Å². The zero-order chi connectivity index (χ0) is 13.1. The molecule has 0 saturated carbocycles. The van der Waals surface area contributed by atoms with Crippen LogP contribution >= 0.6 is 0 Å². The second kappa shape index (κ2) is 5.40. The third kappa shape index (κ3) is 2.64. The molecule has 4 nitrogen and oxygen atoms in total. The fraction of sp³-hybridized carbons (Fsp3) is 0.500. The van der Waals surface area contributed by atoms with Crippen LogP contribution in [0.5, 0.6) is 0 Å². The van der Waals surface area contributed by atoms with E-state index in [9.17, 15) is 9.90 Å². The van der Waals surface area contributed by atoms with Crippen molar-refractivity contribution in [2.24, 2.45) is 11.7 Å². The van der Waals surface area contributed by atoms with E-state index in [2.05, 4.69) is 11.0 Å². The van der Waals surface area contributed by atoms with E-state index >= 15 is 0 Å². The minimum atomic E-state index is -0.194. The number of hydrogen-bond acceptors (Lipinski definition) is 3. The highest BCUT2D eigenvalue weighted by molar-refractivity contribution is 5.77. The summed E-state index contributed by atoms with van der Waals surface area (Å²) in [5.41, 5.74) is 8.50. The smallest absolute Gasteiger partial charge is 0.220 e. The predicted octanol–water partition coefficient (Wildman–Crippen LogP) is 1.19. The first-order valence-corrected chi connectivity index (χ1v) is 6.36. The highest BCUT2D eigenvalue weighted by atomic mass is 16.3. The lowest BCUT2D eigenvalue weighted by Crippen LogP contribution is -2.38. The number of amides is 1. The van der Waals surface area contributed by atoms with Gasteiger partial charge in [0, 0.05) is 30.3 Å². The Bertz CT molecular complexity index is 437. The lowest BCUT2D eigenvalue weighted by atomic mass is 9.95. The van der Waals surface area contributed by atoms with Gasteiger partial charge in [0.15, 0.2) is 0 Å². The summed E-state index contributed by atoms with van der Waals surface area (Å²) in [7, 11) is 0. The molecule has 1 aromatic rings. The van der Waals surface area contributed by atoms with Crippen LogP contribution in [0.4, 0.5) is 5.69 Å². The summed E-state index contributed by atoms with van der Waals surface area (Å²) >= 11 is 0. The molecule has 3 N–H and O–H groups in total. The molecule has 98 valence electrons. The fourth-order valence-electron chi connectivity index (χ4n) is 2.55. The van der Waals surface area contributed by atoms with Crippen molar-refractivity contribution in [3.05, 3.63) is 29.3 Å². The van der Waals surface area contributed by atoms with Gasteiger partial charge in [0.05, 0.1) is 6.61 Å². The standard InChI is InChI=1S/C14H20N2O2/c1-10-2-3-13(12(8-10)9-17)16-6-4-11(5-7-16)14(15)18/h2-3,8,11,17H,4-7,9H2,1H3,(H2,15,18). The summed E-state index contributed by atoms with van der Waals surface area (Å²) in [5, 5.41) is 9.41. The Hall–Kier alpha value is -1.55. The van der Waals surface area contributed by atoms with Crippen LogP contribution in [0.15, 0.2) is 18.2 Å². The second-order valence-electron chi connectivity index (χ2n) is 4.95. The van der Waals surface area contributed by atoms with Gasteiger partial charge in [0.2, 0.25) is 5.91 Å². The van der Waals surface area contributed by atoms with Crippen molar-refractivity contribution in [1.82, 2.24) is 0 Å². The van der Waals surface area contributed by atoms with Crippen LogP contribution in [0.25, 0.3) is 0 Å². The van der Waals surface area contributed by atoms with Crippen LogP contribution in [-0.4, -0.2) is 24.1 Å². The SMILES string of the molecule is Cc1ccc(N2CCC(C(N)=O)CC2)c(CO)c1. The molecule has 1 aliphatic rings. The van der Waals surface area contributed by atoms with Crippen molar-refractivity contribution in [2.75, 3.05) is 18.0 Å². The van der Waals surface area contributed by atoms with Gasteiger partial charge in [0.25, 0.3) is 0 Å². The fourth-order valence-corrected chi connectivity index (χ4v) is 2.55. The Kier molecular flexibility index (Phi) is 3.87. The number of carbonyl (C=O) groups excluding carboxylic acids is 1. The third-order valence-electron chi connectivity index (χ3n) is 3.64. The molecule has 0 atom stereocenters. The van der Waals surface area contributed by atoms with Gasteiger partial charge in [-0.1, -0.05) is 17.7 Å². The Labute approximate surface area is 107 Å². The predicted molar refractivity (Wildman–Crippen MR) is 71.2 cm³/mol. The van der Waals surface area contributed by atoms with Crippen LogP contribution in [0.3, 0.4) is 0 Å². The van der Waals surface area contributed by atoms with E-state index in [1.165, 1.54) is 0 Å². The molecule has 1 heterocycles. The quantitative estimate of drug-likeness (QED) is 0.844. The molecule has 2 rings (SSSR count). The normalized spacial score (nSPS) is 16.9. The topological polar surface area (TPSA) is 66.6 Å². The van der Waals surface area contributed by atoms with E-state index in [4.69, 9.17) is 5.73 Å². The van der Waals surface area contributed by atoms with Gasteiger partial charge in [-0.3, -0.25) is 4.79 Å². The number of benzene rings is 1. The Morgan fingerprint density at radius 2 is 2.11 bits per heavy atom. The number of anilines is 1. The van der Waals surface area contributed by atoms with Crippen LogP contribution in [0.1, 0.15) is 24.0 Å². The van der Waals surface area contributed by atoms with E-state index in [1.807, 2.05) is 19.1 Å². The number of aliphatic hydroxyl groups excluding tert-OH is 1. The van der Waals surface area contributed by atoms with Gasteiger partial charge < -0.3 is 15.7 Å². The number of primary amides is 1. The van der Waals surface area contributed by atoms with Crippen molar-refractivity contribution in [3.8, 4) is 0 Å². The number of hydrogen-bond donors (Lipinski definition) is 2. The molecular formula is C14H20N2O2. The monoisotopic (exact) mass is 248 g/mol. The van der Waals surface area contributed by atoms with E-state index < -0.39 is 0 Å². The Morgan fingerprint density at radius 1 is 1.44 bits per heavy atom. The summed E-state index contributed by atoms with van der Waals surface area (Å²) in [6, 6.07) is 6.11. The number of aryl methyl sites for hydroxylation is 1. The number of carbonyl (C=O) groups is 1. The molecule has 0 bridgehead atoms. The zero-order valence-electron chi connectivity index (χ0n) is 10.7. The van der Waals surface area contributed by atoms with Crippen LogP contribution in [-0.2, 0) is 11.4 Å². The van der Waals surface area contributed by atoms with Gasteiger partial charge in [-0.05, 0) is 25.8 Å². The summed E-state index contributed by atoms with van der Waals surface area (Å²) in [6.07, 6.45) is 1.60. The van der Waals surface area contributed by atoms with Crippen molar-refractivity contribution < 1.29 is 9.90 Å². The highest BCUT2D eigenvalue weighted by Crippen LogP contribution is 2.27. The van der Waals surface area contributed by atoms with Gasteiger partial charge in [-0.25, -0.2) is 0 Å². The second-order valence-corrected chi connectivity index (χ2v) is 4.95. The number of nitrogens with two attached hydrogens (primary N) is 1. The number of piperidine rings is 1. The molecule has 1 aromatic carbocycles. The van der Waals surface area contributed by atoms with Gasteiger partial charge >= 0.3 is 0 Å². The summed E-state index contributed by atoms with van der Waals surface area (Å²) in [5.74, 6) is -0.190.